The van der Waals surface area contributed by atoms with Gasteiger partial charge in [-0.3, -0.25) is 4.79 Å². The molecule has 0 atom stereocenters. The van der Waals surface area contributed by atoms with Gasteiger partial charge in [0.05, 0.1) is 5.88 Å². The molecule has 1 aromatic carbocycles. The summed E-state index contributed by atoms with van der Waals surface area (Å²) < 4.78 is 0. The fraction of sp³-hybridized carbons (Fsp3) is 0.417. The molecule has 0 radical (unpaired) electrons. The molecule has 0 fully saturated rings. The quantitative estimate of drug-likeness (QED) is 0.698. The summed E-state index contributed by atoms with van der Waals surface area (Å²) >= 11 is 5.43. The Hall–Kier alpha value is -0.820. The Kier molecular flexibility index (Phi) is 4.15. The average molecular weight is 211 g/mol. The third-order valence-electron chi connectivity index (χ3n) is 2.20. The number of benzene rings is 1. The number of alkyl halides is 1. The first-order valence-corrected chi connectivity index (χ1v) is 5.33. The van der Waals surface area contributed by atoms with Crippen LogP contribution in [0.1, 0.15) is 30.9 Å². The van der Waals surface area contributed by atoms with Crippen LogP contribution >= 0.6 is 11.6 Å². The van der Waals surface area contributed by atoms with Crippen molar-refractivity contribution in [1.29, 1.82) is 0 Å². The van der Waals surface area contributed by atoms with E-state index < -0.39 is 0 Å². The predicted molar refractivity (Wildman–Crippen MR) is 60.0 cm³/mol. The van der Waals surface area contributed by atoms with Crippen molar-refractivity contribution >= 4 is 17.4 Å². The van der Waals surface area contributed by atoms with Crippen LogP contribution in [0.2, 0.25) is 0 Å². The Morgan fingerprint density at radius 1 is 1.29 bits per heavy atom. The number of Topliss-reactive ketones (excluding diaryl/α,β-unsaturated/α-hetero) is 1. The monoisotopic (exact) mass is 210 g/mol. The molecule has 0 bridgehead atoms. The lowest BCUT2D eigenvalue weighted by Crippen LogP contribution is -2.03. The molecule has 0 saturated carbocycles. The number of ketones is 1. The van der Waals surface area contributed by atoms with Crippen LogP contribution in [-0.2, 0) is 11.2 Å². The minimum atomic E-state index is 0.0731. The summed E-state index contributed by atoms with van der Waals surface area (Å²) in [7, 11) is 0. The van der Waals surface area contributed by atoms with E-state index in [1.54, 1.807) is 0 Å². The molecule has 0 aliphatic heterocycles. The highest BCUT2D eigenvalue weighted by Gasteiger charge is 2.03. The van der Waals surface area contributed by atoms with E-state index in [4.69, 9.17) is 11.6 Å². The summed E-state index contributed by atoms with van der Waals surface area (Å²) in [6, 6.07) is 8.14. The number of halogens is 1. The molecule has 14 heavy (non-hydrogen) atoms. The third-order valence-corrected chi connectivity index (χ3v) is 2.49. The SMILES string of the molecule is CC(C)c1ccc(CC(=O)CCl)cc1. The molecule has 0 spiro atoms. The molecule has 1 rings (SSSR count). The Labute approximate surface area is 90.1 Å². The molecule has 0 aliphatic carbocycles. The lowest BCUT2D eigenvalue weighted by Gasteiger charge is -2.05. The van der Waals surface area contributed by atoms with Crippen molar-refractivity contribution in [1.82, 2.24) is 0 Å². The Balaban J connectivity index is 2.69. The Morgan fingerprint density at radius 3 is 2.29 bits per heavy atom. The highest BCUT2D eigenvalue weighted by Crippen LogP contribution is 2.14. The molecule has 0 heterocycles. The van der Waals surface area contributed by atoms with Crippen molar-refractivity contribution in [2.45, 2.75) is 26.2 Å². The normalized spacial score (nSPS) is 10.6. The van der Waals surface area contributed by atoms with Gasteiger partial charge in [0.25, 0.3) is 0 Å². The van der Waals surface area contributed by atoms with E-state index in [1.807, 2.05) is 12.1 Å². The lowest BCUT2D eigenvalue weighted by atomic mass is 10.0. The molecule has 0 aliphatic rings. The fourth-order valence-electron chi connectivity index (χ4n) is 1.30. The molecule has 0 amide bonds. The van der Waals surface area contributed by atoms with Gasteiger partial charge in [-0.15, -0.1) is 11.6 Å². The lowest BCUT2D eigenvalue weighted by molar-refractivity contribution is -0.116. The number of carbonyl (C=O) groups is 1. The summed E-state index contributed by atoms with van der Waals surface area (Å²) in [5, 5.41) is 0. The predicted octanol–water partition coefficient (Wildman–Crippen LogP) is 3.16. The van der Waals surface area contributed by atoms with E-state index >= 15 is 0 Å². The van der Waals surface area contributed by atoms with E-state index in [1.165, 1.54) is 5.56 Å². The first kappa shape index (κ1) is 11.3. The maximum absolute atomic E-state index is 11.1. The zero-order valence-corrected chi connectivity index (χ0v) is 9.34. The van der Waals surface area contributed by atoms with Gasteiger partial charge in [0.15, 0.2) is 5.78 Å². The van der Waals surface area contributed by atoms with Gasteiger partial charge in [-0.05, 0) is 17.0 Å². The zero-order valence-electron chi connectivity index (χ0n) is 8.59. The molecule has 0 aromatic heterocycles. The molecule has 1 nitrogen and oxygen atoms in total. The summed E-state index contributed by atoms with van der Waals surface area (Å²) in [5.74, 6) is 0.711. The summed E-state index contributed by atoms with van der Waals surface area (Å²) in [6.07, 6.45) is 0.446. The van der Waals surface area contributed by atoms with E-state index in [-0.39, 0.29) is 11.7 Å². The van der Waals surface area contributed by atoms with Crippen molar-refractivity contribution in [2.75, 3.05) is 5.88 Å². The molecule has 0 unspecified atom stereocenters. The molecular formula is C12H15ClO. The van der Waals surface area contributed by atoms with Gasteiger partial charge in [-0.25, -0.2) is 0 Å². The first-order valence-electron chi connectivity index (χ1n) is 4.80. The van der Waals surface area contributed by atoms with Crippen LogP contribution in [0.3, 0.4) is 0 Å². The fourth-order valence-corrected chi connectivity index (χ4v) is 1.39. The van der Waals surface area contributed by atoms with Crippen LogP contribution in [0.15, 0.2) is 24.3 Å². The first-order chi connectivity index (χ1) is 6.63. The van der Waals surface area contributed by atoms with Crippen molar-refractivity contribution in [3.63, 3.8) is 0 Å². The van der Waals surface area contributed by atoms with Gasteiger partial charge in [0.2, 0.25) is 0 Å². The molecular weight excluding hydrogens is 196 g/mol. The maximum atomic E-state index is 11.1. The van der Waals surface area contributed by atoms with Gasteiger partial charge < -0.3 is 0 Å². The van der Waals surface area contributed by atoms with Gasteiger partial charge in [-0.2, -0.15) is 0 Å². The largest absolute Gasteiger partial charge is 0.298 e. The van der Waals surface area contributed by atoms with Crippen LogP contribution in [0, 0.1) is 0 Å². The summed E-state index contributed by atoms with van der Waals surface area (Å²) in [5.41, 5.74) is 2.34. The minimum Gasteiger partial charge on any atom is -0.298 e. The maximum Gasteiger partial charge on any atom is 0.151 e. The van der Waals surface area contributed by atoms with Gasteiger partial charge >= 0.3 is 0 Å². The van der Waals surface area contributed by atoms with Crippen LogP contribution in [0.25, 0.3) is 0 Å². The summed E-state index contributed by atoms with van der Waals surface area (Å²) in [6.45, 7) is 4.30. The third kappa shape index (κ3) is 3.15. The van der Waals surface area contributed by atoms with Crippen molar-refractivity contribution in [3.05, 3.63) is 35.4 Å². The second-order valence-electron chi connectivity index (χ2n) is 3.75. The number of carbonyl (C=O) groups excluding carboxylic acids is 1. The zero-order chi connectivity index (χ0) is 10.6. The number of rotatable bonds is 4. The topological polar surface area (TPSA) is 17.1 Å². The molecule has 1 aromatic rings. The van der Waals surface area contributed by atoms with Gasteiger partial charge in [0.1, 0.15) is 0 Å². The smallest absolute Gasteiger partial charge is 0.151 e. The van der Waals surface area contributed by atoms with Gasteiger partial charge in [-0.1, -0.05) is 38.1 Å². The summed E-state index contributed by atoms with van der Waals surface area (Å²) in [4.78, 5) is 11.1. The second-order valence-corrected chi connectivity index (χ2v) is 4.01. The van der Waals surface area contributed by atoms with Crippen LogP contribution in [0.4, 0.5) is 0 Å². The molecule has 0 saturated heterocycles. The van der Waals surface area contributed by atoms with E-state index in [9.17, 15) is 4.79 Å². The standard InChI is InChI=1S/C12H15ClO/c1-9(2)11-5-3-10(4-6-11)7-12(14)8-13/h3-6,9H,7-8H2,1-2H3. The van der Waals surface area contributed by atoms with Gasteiger partial charge in [0, 0.05) is 6.42 Å². The van der Waals surface area contributed by atoms with E-state index in [2.05, 4.69) is 26.0 Å². The molecule has 76 valence electrons. The van der Waals surface area contributed by atoms with E-state index in [0.717, 1.165) is 5.56 Å². The van der Waals surface area contributed by atoms with Crippen LogP contribution < -0.4 is 0 Å². The highest BCUT2D eigenvalue weighted by molar-refractivity contribution is 6.27. The van der Waals surface area contributed by atoms with E-state index in [0.29, 0.717) is 12.3 Å². The van der Waals surface area contributed by atoms with Crippen LogP contribution in [0.5, 0.6) is 0 Å². The van der Waals surface area contributed by atoms with Crippen molar-refractivity contribution < 1.29 is 4.79 Å². The molecule has 2 heteroatoms. The number of hydrogen-bond acceptors (Lipinski definition) is 1. The van der Waals surface area contributed by atoms with Crippen LogP contribution in [-0.4, -0.2) is 11.7 Å². The molecule has 0 N–H and O–H groups in total. The Morgan fingerprint density at radius 2 is 1.86 bits per heavy atom. The highest BCUT2D eigenvalue weighted by atomic mass is 35.5. The van der Waals surface area contributed by atoms with Crippen molar-refractivity contribution in [2.24, 2.45) is 0 Å². The van der Waals surface area contributed by atoms with Crippen molar-refractivity contribution in [3.8, 4) is 0 Å². The minimum absolute atomic E-state index is 0.0731. The average Bonchev–Trinajstić information content (AvgIpc) is 2.18. The second kappa shape index (κ2) is 5.16. The number of hydrogen-bond donors (Lipinski definition) is 0. The Bertz CT molecular complexity index is 301.